The van der Waals surface area contributed by atoms with Crippen LogP contribution >= 0.6 is 23.5 Å². The van der Waals surface area contributed by atoms with Crippen molar-refractivity contribution in [3.8, 4) is 29.4 Å². The first kappa shape index (κ1) is 36.8. The zero-order valence-electron chi connectivity index (χ0n) is 26.5. The molecule has 0 bridgehead atoms. The van der Waals surface area contributed by atoms with Gasteiger partial charge in [-0.05, 0) is 42.8 Å². The minimum absolute atomic E-state index is 0.0655. The molecule has 0 heterocycles. The summed E-state index contributed by atoms with van der Waals surface area (Å²) in [7, 11) is 3.20. The fourth-order valence-corrected chi connectivity index (χ4v) is 6.16. The van der Waals surface area contributed by atoms with E-state index in [2.05, 4.69) is 19.1 Å². The second kappa shape index (κ2) is 21.2. The van der Waals surface area contributed by atoms with Crippen LogP contribution in [0.2, 0.25) is 0 Å². The highest BCUT2D eigenvalue weighted by atomic mass is 32.2. The molecular weight excluding hydrogens is 627 g/mol. The maximum atomic E-state index is 10.4. The van der Waals surface area contributed by atoms with Gasteiger partial charge >= 0.3 is 0 Å². The molecular formula is C34H41N3O7S2. The summed E-state index contributed by atoms with van der Waals surface area (Å²) in [4.78, 5) is 2.83. The molecule has 0 aromatic heterocycles. The number of nitriles is 2. The third-order valence-electron chi connectivity index (χ3n) is 6.30. The molecule has 0 atom stereocenters. The number of hydrogen-bond donors (Lipinski definition) is 1. The van der Waals surface area contributed by atoms with Gasteiger partial charge in [-0.2, -0.15) is 10.5 Å². The van der Waals surface area contributed by atoms with E-state index in [1.807, 2.05) is 42.5 Å². The van der Waals surface area contributed by atoms with E-state index >= 15 is 0 Å². The summed E-state index contributed by atoms with van der Waals surface area (Å²) in [5.74, 6) is 1.29. The van der Waals surface area contributed by atoms with Gasteiger partial charge in [-0.15, -0.1) is 0 Å². The molecule has 0 fully saturated rings. The monoisotopic (exact) mass is 667 g/mol. The van der Waals surface area contributed by atoms with E-state index in [-0.39, 0.29) is 49.1 Å². The molecule has 2 N–H and O–H groups in total. The van der Waals surface area contributed by atoms with Crippen molar-refractivity contribution in [1.82, 2.24) is 0 Å². The first-order chi connectivity index (χ1) is 22.6. The lowest BCUT2D eigenvalue weighted by Gasteiger charge is -2.22. The molecule has 0 spiro atoms. The summed E-state index contributed by atoms with van der Waals surface area (Å²) in [6.07, 6.45) is 2.02. The number of nitrogens with two attached hydrogens (primary N) is 1. The molecule has 3 aromatic carbocycles. The molecule has 0 aliphatic rings. The van der Waals surface area contributed by atoms with Crippen molar-refractivity contribution >= 4 is 29.2 Å². The van der Waals surface area contributed by atoms with Crippen LogP contribution in [0.5, 0.6) is 17.2 Å². The van der Waals surface area contributed by atoms with Crippen molar-refractivity contribution in [3.63, 3.8) is 0 Å². The quantitative estimate of drug-likeness (QED) is 0.0915. The summed E-state index contributed by atoms with van der Waals surface area (Å²) in [6, 6.07) is 19.5. The number of methoxy groups -OCH3 is 2. The normalized spacial score (nSPS) is 10.7. The predicted octanol–water partition coefficient (Wildman–Crippen LogP) is 6.58. The van der Waals surface area contributed by atoms with E-state index < -0.39 is 0 Å². The molecule has 246 valence electrons. The van der Waals surface area contributed by atoms with Crippen molar-refractivity contribution in [3.05, 3.63) is 59.7 Å². The summed E-state index contributed by atoms with van der Waals surface area (Å²) in [5, 5.41) is 20.7. The van der Waals surface area contributed by atoms with Gasteiger partial charge in [0.05, 0.1) is 56.0 Å². The van der Waals surface area contributed by atoms with Crippen molar-refractivity contribution in [2.75, 3.05) is 79.4 Å². The van der Waals surface area contributed by atoms with Crippen LogP contribution in [-0.2, 0) is 18.9 Å². The number of nitrogen functional groups attached to an aromatic ring is 1. The summed E-state index contributed by atoms with van der Waals surface area (Å²) >= 11 is 2.74. The highest BCUT2D eigenvalue weighted by molar-refractivity contribution is 8.02. The van der Waals surface area contributed by atoms with E-state index in [0.29, 0.717) is 48.5 Å². The molecule has 10 nitrogen and oxygen atoms in total. The Morgan fingerprint density at radius 2 is 1.20 bits per heavy atom. The lowest BCUT2D eigenvalue weighted by Crippen LogP contribution is -2.14. The summed E-state index contributed by atoms with van der Waals surface area (Å²) in [5.41, 5.74) is 7.06. The third kappa shape index (κ3) is 11.3. The van der Waals surface area contributed by atoms with Gasteiger partial charge in [-0.1, -0.05) is 49.0 Å². The molecule has 0 aliphatic heterocycles. The number of ether oxygens (including phenoxy) is 7. The number of benzene rings is 3. The van der Waals surface area contributed by atoms with Gasteiger partial charge in [0, 0.05) is 29.7 Å². The zero-order chi connectivity index (χ0) is 33.0. The SMILES string of the molecule is CCCCOc1ccc(Sc2c(OCCOCCOC)c(C#N)c(C#N)c(OCCOCCOC)c2Sc2ccccc2N)cc1. The fraction of sp³-hybridized carbons (Fsp3) is 0.412. The van der Waals surface area contributed by atoms with Crippen LogP contribution in [0.15, 0.2) is 68.1 Å². The second-order valence-corrected chi connectivity index (χ2v) is 11.7. The third-order valence-corrected chi connectivity index (χ3v) is 8.72. The molecule has 3 aromatic rings. The molecule has 12 heteroatoms. The first-order valence-corrected chi connectivity index (χ1v) is 16.6. The predicted molar refractivity (Wildman–Crippen MR) is 178 cm³/mol. The van der Waals surface area contributed by atoms with Gasteiger partial charge in [0.15, 0.2) is 11.5 Å². The molecule has 3 rings (SSSR count). The number of anilines is 1. The van der Waals surface area contributed by atoms with Gasteiger partial charge < -0.3 is 38.9 Å². The zero-order valence-corrected chi connectivity index (χ0v) is 28.2. The highest BCUT2D eigenvalue weighted by Gasteiger charge is 2.29. The second-order valence-electron chi connectivity index (χ2n) is 9.61. The Balaban J connectivity index is 2.11. The van der Waals surface area contributed by atoms with Crippen LogP contribution in [0, 0.1) is 22.7 Å². The van der Waals surface area contributed by atoms with Crippen molar-refractivity contribution in [2.24, 2.45) is 0 Å². The van der Waals surface area contributed by atoms with Crippen molar-refractivity contribution < 1.29 is 33.2 Å². The van der Waals surface area contributed by atoms with Gasteiger partial charge in [-0.25, -0.2) is 0 Å². The number of unbranched alkanes of at least 4 members (excludes halogenated alkanes) is 1. The standard InChI is InChI=1S/C34H41N3O7S2/c1-4-5-14-42-25-10-12-26(13-11-25)45-33-31(43-21-19-40-17-15-38-2)27(23-35)28(24-36)32(44-22-20-41-18-16-39-3)34(33)46-30-9-7-6-8-29(30)37/h6-13H,4-5,14-22,37H2,1-3H3. The van der Waals surface area contributed by atoms with Crippen LogP contribution in [0.3, 0.4) is 0 Å². The Hall–Kier alpha value is -3.62. The average molecular weight is 668 g/mol. The number of hydrogen-bond acceptors (Lipinski definition) is 12. The van der Waals surface area contributed by atoms with E-state index in [9.17, 15) is 10.5 Å². The lowest BCUT2D eigenvalue weighted by molar-refractivity contribution is 0.0529. The Kier molecular flexibility index (Phi) is 17.0. The Bertz CT molecular complexity index is 1440. The lowest BCUT2D eigenvalue weighted by atomic mass is 10.1. The maximum Gasteiger partial charge on any atom is 0.153 e. The largest absolute Gasteiger partial charge is 0.494 e. The van der Waals surface area contributed by atoms with E-state index in [1.54, 1.807) is 20.3 Å². The topological polar surface area (TPSA) is 138 Å². The van der Waals surface area contributed by atoms with Crippen LogP contribution in [0.25, 0.3) is 0 Å². The summed E-state index contributed by atoms with van der Waals surface area (Å²) in [6.45, 7) is 5.25. The van der Waals surface area contributed by atoms with E-state index in [4.69, 9.17) is 38.9 Å². The minimum Gasteiger partial charge on any atom is -0.494 e. The minimum atomic E-state index is 0.0655. The molecule has 0 saturated carbocycles. The number of rotatable bonds is 22. The Labute approximate surface area is 280 Å². The molecule has 0 unspecified atom stereocenters. The molecule has 0 amide bonds. The maximum absolute atomic E-state index is 10.4. The Morgan fingerprint density at radius 1 is 0.652 bits per heavy atom. The van der Waals surface area contributed by atoms with Gasteiger partial charge in [0.25, 0.3) is 0 Å². The smallest absolute Gasteiger partial charge is 0.153 e. The molecule has 0 saturated heterocycles. The summed E-state index contributed by atoms with van der Waals surface area (Å²) < 4.78 is 39.7. The van der Waals surface area contributed by atoms with Crippen LogP contribution in [-0.4, -0.2) is 73.7 Å². The van der Waals surface area contributed by atoms with E-state index in [0.717, 1.165) is 28.4 Å². The van der Waals surface area contributed by atoms with Crippen molar-refractivity contribution in [2.45, 2.75) is 39.3 Å². The fourth-order valence-electron chi connectivity index (χ4n) is 3.97. The van der Waals surface area contributed by atoms with Gasteiger partial charge in [-0.3, -0.25) is 0 Å². The van der Waals surface area contributed by atoms with Gasteiger partial charge in [0.2, 0.25) is 0 Å². The number of nitrogens with zero attached hydrogens (tertiary/aromatic N) is 2. The van der Waals surface area contributed by atoms with E-state index in [1.165, 1.54) is 23.5 Å². The molecule has 46 heavy (non-hydrogen) atoms. The average Bonchev–Trinajstić information content (AvgIpc) is 3.07. The molecule has 0 radical (unpaired) electrons. The van der Waals surface area contributed by atoms with Crippen LogP contribution in [0.4, 0.5) is 5.69 Å². The number of para-hydroxylation sites is 1. The Morgan fingerprint density at radius 3 is 1.72 bits per heavy atom. The van der Waals surface area contributed by atoms with Crippen molar-refractivity contribution in [1.29, 1.82) is 10.5 Å². The van der Waals surface area contributed by atoms with Crippen LogP contribution < -0.4 is 19.9 Å². The first-order valence-electron chi connectivity index (χ1n) is 14.9. The highest BCUT2D eigenvalue weighted by Crippen LogP contribution is 2.52. The molecule has 0 aliphatic carbocycles. The van der Waals surface area contributed by atoms with Gasteiger partial charge in [0.1, 0.15) is 42.2 Å². The van der Waals surface area contributed by atoms with Crippen LogP contribution in [0.1, 0.15) is 30.9 Å².